The maximum atomic E-state index is 8.80. The Morgan fingerprint density at radius 1 is 1.50 bits per heavy atom. The largest absolute Gasteiger partial charge is 0.354 e. The van der Waals surface area contributed by atoms with Crippen LogP contribution in [0.1, 0.15) is 18.2 Å². The van der Waals surface area contributed by atoms with E-state index in [0.717, 1.165) is 17.2 Å². The predicted octanol–water partition coefficient (Wildman–Crippen LogP) is 2.28. The van der Waals surface area contributed by atoms with Crippen LogP contribution in [0.4, 0.5) is 5.82 Å². The molecule has 0 amide bonds. The standard InChI is InChI=1S/C12H14N4/c1-8-4-5-16-11(6-8)15-10(3)12(16)14-9(2)7-13/h4-6,9,14H,1-3H3. The van der Waals surface area contributed by atoms with E-state index in [0.29, 0.717) is 0 Å². The number of hydrogen-bond acceptors (Lipinski definition) is 3. The van der Waals surface area contributed by atoms with Gasteiger partial charge in [0.05, 0.1) is 11.8 Å². The van der Waals surface area contributed by atoms with Crippen LogP contribution in [0.2, 0.25) is 0 Å². The Balaban J connectivity index is 2.53. The number of pyridine rings is 1. The lowest BCUT2D eigenvalue weighted by Gasteiger charge is -2.08. The number of imidazole rings is 1. The third-order valence-corrected chi connectivity index (χ3v) is 2.50. The molecule has 0 fully saturated rings. The van der Waals surface area contributed by atoms with Crippen LogP contribution in [0.5, 0.6) is 0 Å². The maximum Gasteiger partial charge on any atom is 0.138 e. The molecule has 0 spiro atoms. The van der Waals surface area contributed by atoms with E-state index in [9.17, 15) is 0 Å². The first-order valence-electron chi connectivity index (χ1n) is 5.23. The third kappa shape index (κ3) is 1.72. The Hall–Kier alpha value is -2.02. The van der Waals surface area contributed by atoms with Crippen LogP contribution in [0.25, 0.3) is 5.65 Å². The molecule has 1 atom stereocenters. The molecule has 2 aromatic heterocycles. The summed E-state index contributed by atoms with van der Waals surface area (Å²) in [5.41, 5.74) is 3.00. The van der Waals surface area contributed by atoms with Crippen LogP contribution in [-0.4, -0.2) is 15.4 Å². The topological polar surface area (TPSA) is 53.1 Å². The van der Waals surface area contributed by atoms with E-state index in [4.69, 9.17) is 5.26 Å². The van der Waals surface area contributed by atoms with Gasteiger partial charge in [-0.25, -0.2) is 4.98 Å². The number of anilines is 1. The summed E-state index contributed by atoms with van der Waals surface area (Å²) >= 11 is 0. The van der Waals surface area contributed by atoms with Crippen molar-refractivity contribution in [2.24, 2.45) is 0 Å². The zero-order chi connectivity index (χ0) is 11.7. The second kappa shape index (κ2) is 3.86. The summed E-state index contributed by atoms with van der Waals surface area (Å²) in [4.78, 5) is 4.45. The summed E-state index contributed by atoms with van der Waals surface area (Å²) in [5.74, 6) is 0.893. The fourth-order valence-corrected chi connectivity index (χ4v) is 1.68. The molecule has 1 unspecified atom stereocenters. The van der Waals surface area contributed by atoms with Gasteiger partial charge in [-0.05, 0) is 38.5 Å². The molecule has 2 heterocycles. The molecule has 0 saturated heterocycles. The van der Waals surface area contributed by atoms with Crippen molar-refractivity contribution < 1.29 is 0 Å². The lowest BCUT2D eigenvalue weighted by atomic mass is 10.3. The van der Waals surface area contributed by atoms with Gasteiger partial charge in [-0.15, -0.1) is 0 Å². The second-order valence-electron chi connectivity index (χ2n) is 3.97. The van der Waals surface area contributed by atoms with E-state index in [2.05, 4.69) is 16.4 Å². The molecule has 2 rings (SSSR count). The summed E-state index contributed by atoms with van der Waals surface area (Å²) < 4.78 is 1.97. The van der Waals surface area contributed by atoms with E-state index < -0.39 is 0 Å². The van der Waals surface area contributed by atoms with Crippen molar-refractivity contribution in [3.63, 3.8) is 0 Å². The number of fused-ring (bicyclic) bond motifs is 1. The summed E-state index contributed by atoms with van der Waals surface area (Å²) in [5, 5.41) is 11.9. The number of hydrogen-bond donors (Lipinski definition) is 1. The van der Waals surface area contributed by atoms with Crippen molar-refractivity contribution >= 4 is 11.5 Å². The molecule has 0 aliphatic carbocycles. The smallest absolute Gasteiger partial charge is 0.138 e. The molecule has 4 heteroatoms. The molecule has 0 bridgehead atoms. The van der Waals surface area contributed by atoms with Gasteiger partial charge < -0.3 is 5.32 Å². The minimum atomic E-state index is -0.222. The van der Waals surface area contributed by atoms with E-state index in [-0.39, 0.29) is 6.04 Å². The molecule has 16 heavy (non-hydrogen) atoms. The van der Waals surface area contributed by atoms with Gasteiger partial charge in [-0.2, -0.15) is 5.26 Å². The van der Waals surface area contributed by atoms with E-state index in [1.165, 1.54) is 5.56 Å². The van der Waals surface area contributed by atoms with E-state index in [1.54, 1.807) is 0 Å². The van der Waals surface area contributed by atoms with Crippen molar-refractivity contribution in [2.75, 3.05) is 5.32 Å². The van der Waals surface area contributed by atoms with Crippen molar-refractivity contribution in [3.8, 4) is 6.07 Å². The highest BCUT2D eigenvalue weighted by molar-refractivity contribution is 5.56. The van der Waals surface area contributed by atoms with Crippen LogP contribution in [0.15, 0.2) is 18.3 Å². The van der Waals surface area contributed by atoms with Crippen molar-refractivity contribution in [2.45, 2.75) is 26.8 Å². The first kappa shape index (κ1) is 10.5. The number of aromatic nitrogens is 2. The fourth-order valence-electron chi connectivity index (χ4n) is 1.68. The molecule has 4 nitrogen and oxygen atoms in total. The molecular formula is C12H14N4. The van der Waals surface area contributed by atoms with Gasteiger partial charge in [-0.3, -0.25) is 4.40 Å². The van der Waals surface area contributed by atoms with Crippen LogP contribution < -0.4 is 5.32 Å². The maximum absolute atomic E-state index is 8.80. The monoisotopic (exact) mass is 214 g/mol. The van der Waals surface area contributed by atoms with Crippen LogP contribution in [0.3, 0.4) is 0 Å². The van der Waals surface area contributed by atoms with Crippen LogP contribution in [-0.2, 0) is 0 Å². The number of aryl methyl sites for hydroxylation is 2. The van der Waals surface area contributed by atoms with Gasteiger partial charge >= 0.3 is 0 Å². The third-order valence-electron chi connectivity index (χ3n) is 2.50. The molecule has 0 radical (unpaired) electrons. The normalized spacial score (nSPS) is 12.4. The van der Waals surface area contributed by atoms with Gasteiger partial charge in [0.25, 0.3) is 0 Å². The highest BCUT2D eigenvalue weighted by Crippen LogP contribution is 2.18. The Kier molecular flexibility index (Phi) is 2.53. The lowest BCUT2D eigenvalue weighted by molar-refractivity contribution is 0.977. The molecular weight excluding hydrogens is 200 g/mol. The Morgan fingerprint density at radius 2 is 2.25 bits per heavy atom. The molecule has 2 aromatic rings. The van der Waals surface area contributed by atoms with Gasteiger partial charge in [0.2, 0.25) is 0 Å². The quantitative estimate of drug-likeness (QED) is 0.834. The number of nitriles is 1. The molecule has 0 saturated carbocycles. The number of rotatable bonds is 2. The van der Waals surface area contributed by atoms with Crippen LogP contribution in [0, 0.1) is 25.2 Å². The summed E-state index contributed by atoms with van der Waals surface area (Å²) in [6.07, 6.45) is 1.97. The first-order valence-corrected chi connectivity index (χ1v) is 5.23. The molecule has 0 aromatic carbocycles. The SMILES string of the molecule is Cc1ccn2c(NC(C)C#N)c(C)nc2c1. The zero-order valence-electron chi connectivity index (χ0n) is 9.65. The molecule has 0 aliphatic heterocycles. The van der Waals surface area contributed by atoms with E-state index in [1.807, 2.05) is 43.5 Å². The minimum absolute atomic E-state index is 0.222. The van der Waals surface area contributed by atoms with Gasteiger partial charge in [0, 0.05) is 6.20 Å². The van der Waals surface area contributed by atoms with Gasteiger partial charge in [-0.1, -0.05) is 0 Å². The highest BCUT2D eigenvalue weighted by Gasteiger charge is 2.10. The number of nitrogens with one attached hydrogen (secondary N) is 1. The van der Waals surface area contributed by atoms with Crippen molar-refractivity contribution in [1.29, 1.82) is 5.26 Å². The molecule has 0 aliphatic rings. The van der Waals surface area contributed by atoms with Crippen LogP contribution >= 0.6 is 0 Å². The lowest BCUT2D eigenvalue weighted by Crippen LogP contribution is -2.14. The first-order chi connectivity index (χ1) is 7.61. The average molecular weight is 214 g/mol. The fraction of sp³-hybridized carbons (Fsp3) is 0.333. The molecule has 82 valence electrons. The summed E-state index contributed by atoms with van der Waals surface area (Å²) in [6.45, 7) is 5.80. The minimum Gasteiger partial charge on any atom is -0.354 e. The Labute approximate surface area is 94.5 Å². The zero-order valence-corrected chi connectivity index (χ0v) is 9.65. The van der Waals surface area contributed by atoms with E-state index >= 15 is 0 Å². The van der Waals surface area contributed by atoms with Gasteiger partial charge in [0.15, 0.2) is 0 Å². The summed E-state index contributed by atoms with van der Waals surface area (Å²) in [6, 6.07) is 5.98. The Bertz CT molecular complexity index is 562. The molecule has 1 N–H and O–H groups in total. The van der Waals surface area contributed by atoms with Crippen molar-refractivity contribution in [3.05, 3.63) is 29.6 Å². The average Bonchev–Trinajstić information content (AvgIpc) is 2.54. The second-order valence-corrected chi connectivity index (χ2v) is 3.97. The van der Waals surface area contributed by atoms with Gasteiger partial charge in [0.1, 0.15) is 17.5 Å². The highest BCUT2D eigenvalue weighted by atomic mass is 15.1. The summed E-state index contributed by atoms with van der Waals surface area (Å²) in [7, 11) is 0. The van der Waals surface area contributed by atoms with Crippen molar-refractivity contribution in [1.82, 2.24) is 9.38 Å². The predicted molar refractivity (Wildman–Crippen MR) is 63.4 cm³/mol. The number of nitrogens with zero attached hydrogens (tertiary/aromatic N) is 3. The Morgan fingerprint density at radius 3 is 2.94 bits per heavy atom.